The molecule has 0 fully saturated rings. The maximum Gasteiger partial charge on any atom is 0.416 e. The predicted octanol–water partition coefficient (Wildman–Crippen LogP) is 5.33. The van der Waals surface area contributed by atoms with Crippen LogP contribution in [0.3, 0.4) is 0 Å². The third kappa shape index (κ3) is 3.45. The molecule has 1 N–H and O–H groups in total. The molecule has 1 amide bonds. The van der Waals surface area contributed by atoms with Crippen LogP contribution in [-0.2, 0) is 6.18 Å². The second-order valence-corrected chi connectivity index (χ2v) is 6.05. The molecule has 0 aliphatic rings. The largest absolute Gasteiger partial charge is 0.416 e. The summed E-state index contributed by atoms with van der Waals surface area (Å²) in [6.07, 6.45) is -4.41. The van der Waals surface area contributed by atoms with Crippen LogP contribution in [0.15, 0.2) is 30.3 Å². The molecular weight excluding hydrogens is 334 g/mol. The Hall–Kier alpha value is -1.24. The van der Waals surface area contributed by atoms with Crippen molar-refractivity contribution in [3.63, 3.8) is 0 Å². The van der Waals surface area contributed by atoms with Crippen LogP contribution in [0.5, 0.6) is 0 Å². The van der Waals surface area contributed by atoms with Crippen molar-refractivity contribution in [2.45, 2.75) is 6.18 Å². The maximum absolute atomic E-state index is 12.4. The Balaban J connectivity index is 2.14. The summed E-state index contributed by atoms with van der Waals surface area (Å²) in [6.45, 7) is 0. The first-order valence-corrected chi connectivity index (χ1v) is 6.78. The Morgan fingerprint density at radius 3 is 2.20 bits per heavy atom. The van der Waals surface area contributed by atoms with Crippen molar-refractivity contribution in [1.82, 2.24) is 0 Å². The highest BCUT2D eigenvalue weighted by atomic mass is 35.5. The van der Waals surface area contributed by atoms with Gasteiger partial charge >= 0.3 is 6.18 Å². The molecule has 106 valence electrons. The lowest BCUT2D eigenvalue weighted by Gasteiger charge is -2.08. The smallest absolute Gasteiger partial charge is 0.322 e. The van der Waals surface area contributed by atoms with E-state index in [1.807, 2.05) is 0 Å². The van der Waals surface area contributed by atoms with Crippen molar-refractivity contribution in [2.75, 3.05) is 5.32 Å². The molecule has 2 rings (SSSR count). The van der Waals surface area contributed by atoms with Crippen molar-refractivity contribution < 1.29 is 18.0 Å². The monoisotopic (exact) mass is 339 g/mol. The lowest BCUT2D eigenvalue weighted by atomic mass is 10.2. The lowest BCUT2D eigenvalue weighted by Crippen LogP contribution is -2.12. The zero-order valence-corrected chi connectivity index (χ0v) is 11.9. The Morgan fingerprint density at radius 1 is 1.15 bits per heavy atom. The van der Waals surface area contributed by atoms with Crippen molar-refractivity contribution in [3.05, 3.63) is 50.1 Å². The number of rotatable bonds is 2. The summed E-state index contributed by atoms with van der Waals surface area (Å²) >= 11 is 12.6. The molecule has 20 heavy (non-hydrogen) atoms. The van der Waals surface area contributed by atoms with Crippen LogP contribution in [0.4, 0.5) is 18.9 Å². The van der Waals surface area contributed by atoms with Gasteiger partial charge in [-0.15, -0.1) is 11.3 Å². The zero-order valence-electron chi connectivity index (χ0n) is 9.59. The summed E-state index contributed by atoms with van der Waals surface area (Å²) < 4.78 is 37.7. The van der Waals surface area contributed by atoms with Gasteiger partial charge < -0.3 is 5.32 Å². The molecule has 0 atom stereocenters. The van der Waals surface area contributed by atoms with Gasteiger partial charge in [-0.2, -0.15) is 13.2 Å². The fourth-order valence-electron chi connectivity index (χ4n) is 1.44. The van der Waals surface area contributed by atoms with Crippen molar-refractivity contribution in [2.24, 2.45) is 0 Å². The van der Waals surface area contributed by atoms with E-state index in [9.17, 15) is 18.0 Å². The summed E-state index contributed by atoms with van der Waals surface area (Å²) in [5.41, 5.74) is -0.366. The van der Waals surface area contributed by atoms with Crippen LogP contribution in [0, 0.1) is 0 Å². The van der Waals surface area contributed by atoms with Gasteiger partial charge in [0.2, 0.25) is 0 Å². The molecule has 0 aliphatic heterocycles. The molecule has 0 radical (unpaired) electrons. The second kappa shape index (κ2) is 5.63. The van der Waals surface area contributed by atoms with Crippen LogP contribution < -0.4 is 5.32 Å². The fourth-order valence-corrected chi connectivity index (χ4v) is 2.89. The van der Waals surface area contributed by atoms with E-state index >= 15 is 0 Å². The number of amides is 1. The Kier molecular flexibility index (Phi) is 4.27. The van der Waals surface area contributed by atoms with E-state index in [0.717, 1.165) is 23.5 Å². The second-order valence-electron chi connectivity index (χ2n) is 3.77. The highest BCUT2D eigenvalue weighted by Crippen LogP contribution is 2.32. The summed E-state index contributed by atoms with van der Waals surface area (Å²) in [6, 6.07) is 5.51. The number of carbonyl (C=O) groups is 1. The first kappa shape index (κ1) is 15.2. The molecular formula is C12H6Cl2F3NOS. The number of hydrogen-bond donors (Lipinski definition) is 1. The molecule has 0 aliphatic carbocycles. The molecule has 8 heteroatoms. The molecule has 1 aromatic heterocycles. The molecule has 1 heterocycles. The predicted molar refractivity (Wildman–Crippen MR) is 73.7 cm³/mol. The van der Waals surface area contributed by atoms with Gasteiger partial charge in [0.05, 0.1) is 15.5 Å². The average Bonchev–Trinajstić information content (AvgIpc) is 2.68. The van der Waals surface area contributed by atoms with Crippen molar-refractivity contribution in [3.8, 4) is 0 Å². The Bertz CT molecular complexity index is 637. The summed E-state index contributed by atoms with van der Waals surface area (Å²) in [4.78, 5) is 11.9. The summed E-state index contributed by atoms with van der Waals surface area (Å²) in [7, 11) is 0. The number of alkyl halides is 3. The highest BCUT2D eigenvalue weighted by molar-refractivity contribution is 7.20. The van der Waals surface area contributed by atoms with Gasteiger partial charge in [-0.05, 0) is 30.3 Å². The van der Waals surface area contributed by atoms with E-state index in [2.05, 4.69) is 5.32 Å². The van der Waals surface area contributed by atoms with Crippen LogP contribution in [-0.4, -0.2) is 5.91 Å². The number of carbonyl (C=O) groups excluding carboxylic acids is 1. The van der Waals surface area contributed by atoms with E-state index in [1.165, 1.54) is 18.2 Å². The van der Waals surface area contributed by atoms with Crippen molar-refractivity contribution >= 4 is 46.1 Å². The van der Waals surface area contributed by atoms with Gasteiger partial charge in [-0.3, -0.25) is 4.79 Å². The van der Waals surface area contributed by atoms with Gasteiger partial charge in [-0.1, -0.05) is 23.2 Å². The number of halogens is 5. The van der Waals surface area contributed by atoms with E-state index in [0.29, 0.717) is 4.34 Å². The topological polar surface area (TPSA) is 29.1 Å². The molecule has 2 nitrogen and oxygen atoms in total. The Morgan fingerprint density at radius 2 is 1.75 bits per heavy atom. The average molecular weight is 340 g/mol. The van der Waals surface area contributed by atoms with Gasteiger partial charge in [0, 0.05) is 5.69 Å². The van der Waals surface area contributed by atoms with Gasteiger partial charge in [0.25, 0.3) is 5.91 Å². The molecule has 0 saturated heterocycles. The molecule has 0 spiro atoms. The first-order chi connectivity index (χ1) is 9.27. The van der Waals surface area contributed by atoms with Crippen LogP contribution in [0.25, 0.3) is 0 Å². The minimum atomic E-state index is -4.41. The number of hydrogen-bond acceptors (Lipinski definition) is 2. The third-order valence-corrected chi connectivity index (χ3v) is 3.86. The summed E-state index contributed by atoms with van der Waals surface area (Å²) in [5, 5.41) is 2.45. The molecule has 2 aromatic rings. The zero-order chi connectivity index (χ0) is 14.9. The number of anilines is 1. The fraction of sp³-hybridized carbons (Fsp3) is 0.0833. The van der Waals surface area contributed by atoms with Gasteiger partial charge in [0.1, 0.15) is 4.34 Å². The summed E-state index contributed by atoms with van der Waals surface area (Å²) in [5.74, 6) is -0.530. The van der Waals surface area contributed by atoms with E-state index in [4.69, 9.17) is 23.2 Å². The molecule has 0 unspecified atom stereocenters. The minimum Gasteiger partial charge on any atom is -0.322 e. The van der Waals surface area contributed by atoms with Gasteiger partial charge in [0.15, 0.2) is 0 Å². The molecule has 1 aromatic carbocycles. The van der Waals surface area contributed by atoms with Crippen LogP contribution in [0.1, 0.15) is 15.9 Å². The normalized spacial score (nSPS) is 11.4. The quantitative estimate of drug-likeness (QED) is 0.787. The van der Waals surface area contributed by atoms with Crippen LogP contribution >= 0.6 is 34.5 Å². The number of benzene rings is 1. The van der Waals surface area contributed by atoms with Gasteiger partial charge in [-0.25, -0.2) is 0 Å². The van der Waals surface area contributed by atoms with E-state index in [-0.39, 0.29) is 15.6 Å². The maximum atomic E-state index is 12.4. The highest BCUT2D eigenvalue weighted by Gasteiger charge is 2.30. The minimum absolute atomic E-state index is 0.182. The molecule has 0 bridgehead atoms. The third-order valence-electron chi connectivity index (χ3n) is 2.37. The number of thiophene rings is 1. The standard InChI is InChI=1S/C12H6Cl2F3NOS/c13-9-5-8(10(14)20-9)11(19)18-7-3-1-6(2-4-7)12(15,16)17/h1-5H,(H,18,19). The van der Waals surface area contributed by atoms with E-state index in [1.54, 1.807) is 0 Å². The van der Waals surface area contributed by atoms with Crippen LogP contribution in [0.2, 0.25) is 8.67 Å². The lowest BCUT2D eigenvalue weighted by molar-refractivity contribution is -0.137. The SMILES string of the molecule is O=C(Nc1ccc(C(F)(F)F)cc1)c1cc(Cl)sc1Cl. The number of nitrogens with one attached hydrogen (secondary N) is 1. The molecule has 0 saturated carbocycles. The van der Waals surface area contributed by atoms with E-state index < -0.39 is 17.6 Å². The Labute approximate surface area is 126 Å². The first-order valence-electron chi connectivity index (χ1n) is 5.21. The van der Waals surface area contributed by atoms with Crippen molar-refractivity contribution in [1.29, 1.82) is 0 Å².